The lowest BCUT2D eigenvalue weighted by Gasteiger charge is -2.01. The Hall–Kier alpha value is -3.46. The van der Waals surface area contributed by atoms with Gasteiger partial charge in [0.25, 0.3) is 11.6 Å². The second kappa shape index (κ2) is 7.28. The van der Waals surface area contributed by atoms with E-state index in [4.69, 9.17) is 9.47 Å². The van der Waals surface area contributed by atoms with Crippen LogP contribution in [-0.2, 0) is 11.3 Å². The van der Waals surface area contributed by atoms with E-state index in [0.29, 0.717) is 28.4 Å². The number of fused-ring (bicyclic) bond motifs is 2. The number of carbonyl (C=O) groups excluding carboxylic acids is 1. The average molecular weight is 397 g/mol. The van der Waals surface area contributed by atoms with Crippen LogP contribution in [0.15, 0.2) is 47.5 Å². The molecule has 0 aliphatic carbocycles. The van der Waals surface area contributed by atoms with Gasteiger partial charge in [0.2, 0.25) is 6.79 Å². The molecule has 2 aromatic carbocycles. The molecule has 1 aliphatic heterocycles. The van der Waals surface area contributed by atoms with Crippen molar-refractivity contribution in [1.82, 2.24) is 4.57 Å². The lowest BCUT2D eigenvalue weighted by atomic mass is 10.2. The molecule has 0 bridgehead atoms. The fourth-order valence-corrected chi connectivity index (χ4v) is 3.97. The number of non-ortho nitro benzene ring substituents is 1. The number of hydrogen-bond acceptors (Lipinski definition) is 6. The summed E-state index contributed by atoms with van der Waals surface area (Å²) in [6.45, 7) is 2.84. The molecule has 1 aromatic heterocycles. The SMILES string of the molecule is CCn1c(=NC(=O)C=Cc2ccc([N+](=O)[O-])cc2)sc2cc3c(cc21)OCO3. The van der Waals surface area contributed by atoms with Crippen molar-refractivity contribution in [2.75, 3.05) is 6.79 Å². The number of ether oxygens (including phenoxy) is 2. The van der Waals surface area contributed by atoms with Crippen molar-refractivity contribution in [3.05, 3.63) is 63.0 Å². The van der Waals surface area contributed by atoms with Gasteiger partial charge in [0.05, 0.1) is 15.1 Å². The maximum absolute atomic E-state index is 12.3. The Morgan fingerprint density at radius 3 is 2.68 bits per heavy atom. The minimum atomic E-state index is -0.467. The molecule has 28 heavy (non-hydrogen) atoms. The fourth-order valence-electron chi connectivity index (χ4n) is 2.86. The minimum Gasteiger partial charge on any atom is -0.454 e. The van der Waals surface area contributed by atoms with E-state index < -0.39 is 10.8 Å². The van der Waals surface area contributed by atoms with Gasteiger partial charge in [0, 0.05) is 36.9 Å². The van der Waals surface area contributed by atoms with Gasteiger partial charge in [-0.3, -0.25) is 14.9 Å². The van der Waals surface area contributed by atoms with Crippen molar-refractivity contribution >= 4 is 39.2 Å². The van der Waals surface area contributed by atoms with E-state index in [9.17, 15) is 14.9 Å². The van der Waals surface area contributed by atoms with Crippen LogP contribution in [0, 0.1) is 10.1 Å². The molecular formula is C19H15N3O5S. The molecule has 4 rings (SSSR count). The van der Waals surface area contributed by atoms with Gasteiger partial charge < -0.3 is 14.0 Å². The quantitative estimate of drug-likeness (QED) is 0.381. The van der Waals surface area contributed by atoms with Crippen LogP contribution < -0.4 is 14.3 Å². The summed E-state index contributed by atoms with van der Waals surface area (Å²) in [6.07, 6.45) is 2.92. The van der Waals surface area contributed by atoms with E-state index in [-0.39, 0.29) is 12.5 Å². The number of nitro groups is 1. The predicted octanol–water partition coefficient (Wildman–Crippen LogP) is 3.50. The second-order valence-electron chi connectivity index (χ2n) is 5.93. The van der Waals surface area contributed by atoms with Crippen LogP contribution in [0.5, 0.6) is 11.5 Å². The first-order valence-electron chi connectivity index (χ1n) is 8.49. The normalized spacial score (nSPS) is 13.5. The summed E-state index contributed by atoms with van der Waals surface area (Å²) < 4.78 is 13.7. The van der Waals surface area contributed by atoms with Crippen LogP contribution >= 0.6 is 11.3 Å². The molecule has 0 unspecified atom stereocenters. The van der Waals surface area contributed by atoms with Gasteiger partial charge in [-0.15, -0.1) is 0 Å². The molecule has 0 N–H and O–H groups in total. The van der Waals surface area contributed by atoms with E-state index in [1.165, 1.54) is 29.5 Å². The van der Waals surface area contributed by atoms with Crippen molar-refractivity contribution in [3.8, 4) is 11.5 Å². The topological polar surface area (TPSA) is 96.0 Å². The summed E-state index contributed by atoms with van der Waals surface area (Å²) >= 11 is 1.40. The summed E-state index contributed by atoms with van der Waals surface area (Å²) in [5.74, 6) is 0.962. The van der Waals surface area contributed by atoms with Crippen molar-refractivity contribution in [2.45, 2.75) is 13.5 Å². The summed E-state index contributed by atoms with van der Waals surface area (Å²) in [7, 11) is 0. The molecule has 8 nitrogen and oxygen atoms in total. The Balaban J connectivity index is 1.63. The molecular weight excluding hydrogens is 382 g/mol. The molecule has 9 heteroatoms. The monoisotopic (exact) mass is 397 g/mol. The molecule has 1 aliphatic rings. The maximum Gasteiger partial charge on any atom is 0.272 e. The summed E-state index contributed by atoms with van der Waals surface area (Å²) in [5, 5.41) is 10.7. The Kier molecular flexibility index (Phi) is 4.66. The first kappa shape index (κ1) is 17.9. The van der Waals surface area contributed by atoms with Gasteiger partial charge in [-0.05, 0) is 30.7 Å². The Morgan fingerprint density at radius 1 is 1.29 bits per heavy atom. The van der Waals surface area contributed by atoms with Crippen molar-refractivity contribution in [2.24, 2.45) is 4.99 Å². The van der Waals surface area contributed by atoms with Crippen molar-refractivity contribution < 1.29 is 19.2 Å². The number of nitrogens with zero attached hydrogens (tertiary/aromatic N) is 3. The van der Waals surface area contributed by atoms with Gasteiger partial charge in [0.15, 0.2) is 16.3 Å². The lowest BCUT2D eigenvalue weighted by molar-refractivity contribution is -0.384. The number of amides is 1. The highest BCUT2D eigenvalue weighted by molar-refractivity contribution is 7.16. The average Bonchev–Trinajstić information content (AvgIpc) is 3.27. The Bertz CT molecular complexity index is 1170. The third-order valence-corrected chi connectivity index (χ3v) is 5.26. The second-order valence-corrected chi connectivity index (χ2v) is 6.94. The third kappa shape index (κ3) is 3.39. The van der Waals surface area contributed by atoms with E-state index >= 15 is 0 Å². The lowest BCUT2D eigenvalue weighted by Crippen LogP contribution is -2.15. The molecule has 142 valence electrons. The molecule has 0 saturated carbocycles. The molecule has 0 fully saturated rings. The number of thiazole rings is 1. The smallest absolute Gasteiger partial charge is 0.272 e. The first-order valence-corrected chi connectivity index (χ1v) is 9.31. The fraction of sp³-hybridized carbons (Fsp3) is 0.158. The van der Waals surface area contributed by atoms with Gasteiger partial charge in [-0.1, -0.05) is 11.3 Å². The van der Waals surface area contributed by atoms with E-state index in [2.05, 4.69) is 4.99 Å². The van der Waals surface area contributed by atoms with Crippen LogP contribution in [0.2, 0.25) is 0 Å². The standard InChI is InChI=1S/C19H15N3O5S/c1-2-21-14-9-15-16(27-11-26-15)10-17(14)28-19(21)20-18(23)8-5-12-3-6-13(7-4-12)22(24)25/h3-10H,2,11H2,1H3. The largest absolute Gasteiger partial charge is 0.454 e. The number of aromatic nitrogens is 1. The first-order chi connectivity index (χ1) is 13.5. The molecule has 1 amide bonds. The van der Waals surface area contributed by atoms with Crippen LogP contribution in [0.3, 0.4) is 0 Å². The Morgan fingerprint density at radius 2 is 2.00 bits per heavy atom. The van der Waals surface area contributed by atoms with Crippen molar-refractivity contribution in [3.63, 3.8) is 0 Å². The van der Waals surface area contributed by atoms with Gasteiger partial charge in [-0.25, -0.2) is 0 Å². The Labute approximate surface area is 163 Å². The molecule has 3 aromatic rings. The molecule has 0 saturated heterocycles. The molecule has 0 radical (unpaired) electrons. The number of aryl methyl sites for hydroxylation is 1. The minimum absolute atomic E-state index is 0.00211. The number of rotatable bonds is 4. The molecule has 0 atom stereocenters. The van der Waals surface area contributed by atoms with Crippen LogP contribution in [0.25, 0.3) is 16.3 Å². The van der Waals surface area contributed by atoms with Crippen molar-refractivity contribution in [1.29, 1.82) is 0 Å². The zero-order valence-electron chi connectivity index (χ0n) is 14.8. The number of hydrogen-bond donors (Lipinski definition) is 0. The van der Waals surface area contributed by atoms with Gasteiger partial charge in [-0.2, -0.15) is 4.99 Å². The summed E-state index contributed by atoms with van der Waals surface area (Å²) in [6, 6.07) is 9.73. The molecule has 2 heterocycles. The van der Waals surface area contributed by atoms with E-state index in [1.807, 2.05) is 23.6 Å². The zero-order valence-corrected chi connectivity index (χ0v) is 15.6. The van der Waals surface area contributed by atoms with Crippen LogP contribution in [0.4, 0.5) is 5.69 Å². The highest BCUT2D eigenvalue weighted by Crippen LogP contribution is 2.36. The van der Waals surface area contributed by atoms with Crippen LogP contribution in [-0.4, -0.2) is 22.2 Å². The van der Waals surface area contributed by atoms with Gasteiger partial charge in [0.1, 0.15) is 0 Å². The zero-order chi connectivity index (χ0) is 19.7. The summed E-state index contributed by atoms with van der Waals surface area (Å²) in [4.78, 5) is 27.3. The predicted molar refractivity (Wildman–Crippen MR) is 104 cm³/mol. The number of nitro benzene ring substituents is 1. The number of carbonyl (C=O) groups is 1. The number of benzene rings is 2. The van der Waals surface area contributed by atoms with Gasteiger partial charge >= 0.3 is 0 Å². The highest BCUT2D eigenvalue weighted by atomic mass is 32.1. The third-order valence-electron chi connectivity index (χ3n) is 4.22. The van der Waals surface area contributed by atoms with E-state index in [1.54, 1.807) is 18.2 Å². The van der Waals surface area contributed by atoms with E-state index in [0.717, 1.165) is 10.2 Å². The summed E-state index contributed by atoms with van der Waals surface area (Å²) in [5.41, 5.74) is 1.62. The maximum atomic E-state index is 12.3. The highest BCUT2D eigenvalue weighted by Gasteiger charge is 2.17. The molecule has 0 spiro atoms. The van der Waals surface area contributed by atoms with Crippen LogP contribution in [0.1, 0.15) is 12.5 Å².